The lowest BCUT2D eigenvalue weighted by Crippen LogP contribution is -1.98. The van der Waals surface area contributed by atoms with Gasteiger partial charge in [-0.05, 0) is 36.5 Å². The molecule has 0 bridgehead atoms. The second-order valence-electron chi connectivity index (χ2n) is 3.17. The Labute approximate surface area is 73.1 Å². The van der Waals surface area contributed by atoms with Gasteiger partial charge in [0.05, 0.1) is 0 Å². The molecule has 1 heterocycles. The number of pyridine rings is 1. The van der Waals surface area contributed by atoms with Gasteiger partial charge in [-0.25, -0.2) is 0 Å². The van der Waals surface area contributed by atoms with Gasteiger partial charge in [-0.2, -0.15) is 0 Å². The number of aryl methyl sites for hydroxylation is 2. The summed E-state index contributed by atoms with van der Waals surface area (Å²) < 4.78 is 0. The van der Waals surface area contributed by atoms with Gasteiger partial charge >= 0.3 is 0 Å². The van der Waals surface area contributed by atoms with E-state index in [2.05, 4.69) is 30.1 Å². The predicted molar refractivity (Wildman–Crippen MR) is 51.0 cm³/mol. The Morgan fingerprint density at radius 2 is 2.42 bits per heavy atom. The van der Waals surface area contributed by atoms with Gasteiger partial charge in [0.2, 0.25) is 0 Å². The molecule has 0 radical (unpaired) electrons. The van der Waals surface area contributed by atoms with Crippen LogP contribution in [0.1, 0.15) is 30.2 Å². The van der Waals surface area contributed by atoms with Gasteiger partial charge in [-0.15, -0.1) is 0 Å². The molecule has 0 saturated carbocycles. The van der Waals surface area contributed by atoms with E-state index in [4.69, 9.17) is 0 Å². The summed E-state index contributed by atoms with van der Waals surface area (Å²) in [5.74, 6) is 0. The van der Waals surface area contributed by atoms with Crippen molar-refractivity contribution in [3.05, 3.63) is 35.2 Å². The highest BCUT2D eigenvalue weighted by Crippen LogP contribution is 2.17. The van der Waals surface area contributed by atoms with Crippen LogP contribution in [0, 0.1) is 0 Å². The lowest BCUT2D eigenvalue weighted by Gasteiger charge is -2.09. The summed E-state index contributed by atoms with van der Waals surface area (Å²) >= 11 is 0. The first-order valence-electron chi connectivity index (χ1n) is 4.54. The van der Waals surface area contributed by atoms with E-state index in [1.165, 1.54) is 16.8 Å². The zero-order chi connectivity index (χ0) is 8.39. The third-order valence-electron chi connectivity index (χ3n) is 2.31. The molecule has 1 aliphatic rings. The molecule has 0 unspecified atom stereocenters. The molecule has 62 valence electrons. The van der Waals surface area contributed by atoms with Crippen molar-refractivity contribution in [2.45, 2.75) is 26.2 Å². The average Bonchev–Trinajstić information content (AvgIpc) is 2.17. The molecule has 1 nitrogen and oxygen atoms in total. The summed E-state index contributed by atoms with van der Waals surface area (Å²) in [7, 11) is 0. The molecule has 0 aliphatic heterocycles. The van der Waals surface area contributed by atoms with E-state index in [0.29, 0.717) is 0 Å². The van der Waals surface area contributed by atoms with E-state index in [-0.39, 0.29) is 0 Å². The lowest BCUT2D eigenvalue weighted by atomic mass is 10.0. The van der Waals surface area contributed by atoms with Crippen LogP contribution in [0.4, 0.5) is 0 Å². The topological polar surface area (TPSA) is 12.9 Å². The molecule has 0 aromatic carbocycles. The maximum absolute atomic E-state index is 4.44. The standard InChI is InChI=1S/C11H13N/c1-2-9-7-10-5-3-4-6-11(10)12-8-9/h3,5,7-8H,2,4,6H2,1H3. The smallest absolute Gasteiger partial charge is 0.0479 e. The predicted octanol–water partition coefficient (Wildman–Crippen LogP) is 2.60. The Bertz CT molecular complexity index is 313. The van der Waals surface area contributed by atoms with Gasteiger partial charge < -0.3 is 0 Å². The fourth-order valence-electron chi connectivity index (χ4n) is 1.53. The van der Waals surface area contributed by atoms with Gasteiger partial charge in [-0.1, -0.05) is 19.1 Å². The van der Waals surface area contributed by atoms with Gasteiger partial charge in [0.15, 0.2) is 0 Å². The summed E-state index contributed by atoms with van der Waals surface area (Å²) in [5.41, 5.74) is 3.91. The third kappa shape index (κ3) is 1.27. The Hall–Kier alpha value is -1.11. The first kappa shape index (κ1) is 7.53. The van der Waals surface area contributed by atoms with Crippen molar-refractivity contribution in [3.8, 4) is 0 Å². The Balaban J connectivity index is 2.44. The molecular formula is C11H13N. The zero-order valence-corrected chi connectivity index (χ0v) is 7.38. The molecule has 0 amide bonds. The van der Waals surface area contributed by atoms with Crippen LogP contribution in [0.25, 0.3) is 6.08 Å². The molecule has 12 heavy (non-hydrogen) atoms. The average molecular weight is 159 g/mol. The van der Waals surface area contributed by atoms with E-state index in [1.54, 1.807) is 0 Å². The quantitative estimate of drug-likeness (QED) is 0.613. The summed E-state index contributed by atoms with van der Waals surface area (Å²) in [6.07, 6.45) is 9.74. The maximum atomic E-state index is 4.44. The highest BCUT2D eigenvalue weighted by atomic mass is 14.7. The van der Waals surface area contributed by atoms with Gasteiger partial charge in [-0.3, -0.25) is 4.98 Å². The molecule has 0 fully saturated rings. The number of allylic oxidation sites excluding steroid dienone is 1. The molecular weight excluding hydrogens is 146 g/mol. The Kier molecular flexibility index (Phi) is 1.94. The molecule has 1 heteroatoms. The van der Waals surface area contributed by atoms with E-state index in [1.807, 2.05) is 6.20 Å². The first-order chi connectivity index (χ1) is 5.90. The number of fused-ring (bicyclic) bond motifs is 1. The van der Waals surface area contributed by atoms with Crippen LogP contribution in [0.2, 0.25) is 0 Å². The minimum absolute atomic E-state index is 1.08. The molecule has 0 spiro atoms. The molecule has 0 N–H and O–H groups in total. The van der Waals surface area contributed by atoms with Gasteiger partial charge in [0.25, 0.3) is 0 Å². The monoisotopic (exact) mass is 159 g/mol. The maximum Gasteiger partial charge on any atom is 0.0479 e. The molecule has 1 aromatic rings. The van der Waals surface area contributed by atoms with Crippen molar-refractivity contribution in [3.63, 3.8) is 0 Å². The van der Waals surface area contributed by atoms with Crippen molar-refractivity contribution in [2.75, 3.05) is 0 Å². The van der Waals surface area contributed by atoms with Crippen LogP contribution in [-0.4, -0.2) is 4.98 Å². The highest BCUT2D eigenvalue weighted by Gasteiger charge is 2.05. The third-order valence-corrected chi connectivity index (χ3v) is 2.31. The minimum atomic E-state index is 1.08. The van der Waals surface area contributed by atoms with E-state index in [0.717, 1.165) is 19.3 Å². The number of hydrogen-bond donors (Lipinski definition) is 0. The van der Waals surface area contributed by atoms with Crippen LogP contribution in [0.5, 0.6) is 0 Å². The number of aromatic nitrogens is 1. The van der Waals surface area contributed by atoms with Crippen LogP contribution in [-0.2, 0) is 12.8 Å². The second kappa shape index (κ2) is 3.10. The van der Waals surface area contributed by atoms with E-state index >= 15 is 0 Å². The number of rotatable bonds is 1. The molecule has 2 rings (SSSR count). The summed E-state index contributed by atoms with van der Waals surface area (Å²) in [6, 6.07) is 2.25. The van der Waals surface area contributed by atoms with Gasteiger partial charge in [0, 0.05) is 11.9 Å². The van der Waals surface area contributed by atoms with E-state index in [9.17, 15) is 0 Å². The fraction of sp³-hybridized carbons (Fsp3) is 0.364. The van der Waals surface area contributed by atoms with E-state index < -0.39 is 0 Å². The van der Waals surface area contributed by atoms with Crippen molar-refractivity contribution in [1.29, 1.82) is 0 Å². The minimum Gasteiger partial charge on any atom is -0.260 e. The first-order valence-corrected chi connectivity index (χ1v) is 4.54. The van der Waals surface area contributed by atoms with Crippen molar-refractivity contribution in [1.82, 2.24) is 4.98 Å². The van der Waals surface area contributed by atoms with Crippen LogP contribution in [0.3, 0.4) is 0 Å². The van der Waals surface area contributed by atoms with Crippen molar-refractivity contribution in [2.24, 2.45) is 0 Å². The van der Waals surface area contributed by atoms with Crippen molar-refractivity contribution < 1.29 is 0 Å². The largest absolute Gasteiger partial charge is 0.260 e. The molecule has 0 atom stereocenters. The van der Waals surface area contributed by atoms with Crippen LogP contribution < -0.4 is 0 Å². The lowest BCUT2D eigenvalue weighted by molar-refractivity contribution is 0.916. The van der Waals surface area contributed by atoms with Gasteiger partial charge in [0.1, 0.15) is 0 Å². The van der Waals surface area contributed by atoms with Crippen molar-refractivity contribution >= 4 is 6.08 Å². The molecule has 1 aliphatic carbocycles. The number of nitrogens with zero attached hydrogens (tertiary/aromatic N) is 1. The Morgan fingerprint density at radius 1 is 1.50 bits per heavy atom. The van der Waals surface area contributed by atoms with Crippen LogP contribution >= 0.6 is 0 Å². The summed E-state index contributed by atoms with van der Waals surface area (Å²) in [5, 5.41) is 0. The second-order valence-corrected chi connectivity index (χ2v) is 3.17. The van der Waals surface area contributed by atoms with Crippen LogP contribution in [0.15, 0.2) is 18.3 Å². The fourth-order valence-corrected chi connectivity index (χ4v) is 1.53. The number of hydrogen-bond acceptors (Lipinski definition) is 1. The highest BCUT2D eigenvalue weighted by molar-refractivity contribution is 5.54. The molecule has 1 aromatic heterocycles. The SMILES string of the molecule is CCc1cnc2c(c1)C=CCC2. The Morgan fingerprint density at radius 3 is 3.25 bits per heavy atom. The summed E-state index contributed by atoms with van der Waals surface area (Å²) in [6.45, 7) is 2.16. The zero-order valence-electron chi connectivity index (χ0n) is 7.38. The normalized spacial score (nSPS) is 14.4. The molecule has 0 saturated heterocycles. The summed E-state index contributed by atoms with van der Waals surface area (Å²) in [4.78, 5) is 4.44.